The summed E-state index contributed by atoms with van der Waals surface area (Å²) in [5.41, 5.74) is 2.10. The molecule has 0 atom stereocenters. The van der Waals surface area contributed by atoms with E-state index in [0.29, 0.717) is 24.1 Å². The van der Waals surface area contributed by atoms with Crippen LogP contribution in [0.25, 0.3) is 11.0 Å². The van der Waals surface area contributed by atoms with Gasteiger partial charge in [-0.2, -0.15) is 13.2 Å². The maximum absolute atomic E-state index is 13.3. The zero-order chi connectivity index (χ0) is 19.7. The lowest BCUT2D eigenvalue weighted by Gasteiger charge is -2.19. The van der Waals surface area contributed by atoms with Crippen LogP contribution in [0.4, 0.5) is 13.2 Å². The number of ether oxygens (including phenoxy) is 1. The predicted octanol–water partition coefficient (Wildman–Crippen LogP) is 5.82. The van der Waals surface area contributed by atoms with Crippen LogP contribution in [-0.2, 0) is 18.1 Å². The van der Waals surface area contributed by atoms with Crippen LogP contribution in [0.2, 0.25) is 0 Å². The van der Waals surface area contributed by atoms with Crippen molar-refractivity contribution in [3.63, 3.8) is 0 Å². The summed E-state index contributed by atoms with van der Waals surface area (Å²) >= 11 is 0. The molecule has 0 unspecified atom stereocenters. The van der Waals surface area contributed by atoms with E-state index >= 15 is 0 Å². The summed E-state index contributed by atoms with van der Waals surface area (Å²) in [7, 11) is 0. The minimum atomic E-state index is -4.48. The molecule has 0 amide bonds. The van der Waals surface area contributed by atoms with Crippen molar-refractivity contribution < 1.29 is 17.9 Å². The fourth-order valence-electron chi connectivity index (χ4n) is 2.98. The molecule has 1 heterocycles. The fourth-order valence-corrected chi connectivity index (χ4v) is 2.98. The highest BCUT2D eigenvalue weighted by molar-refractivity contribution is 5.76. The smallest absolute Gasteiger partial charge is 0.449 e. The highest BCUT2D eigenvalue weighted by atomic mass is 19.4. The topological polar surface area (TPSA) is 27.1 Å². The average molecular weight is 376 g/mol. The van der Waals surface area contributed by atoms with E-state index in [1.165, 1.54) is 10.1 Å². The van der Waals surface area contributed by atoms with Crippen molar-refractivity contribution in [1.82, 2.24) is 9.55 Å². The summed E-state index contributed by atoms with van der Waals surface area (Å²) in [6.45, 7) is 6.93. The Bertz CT molecular complexity index is 906. The summed E-state index contributed by atoms with van der Waals surface area (Å²) in [5, 5.41) is 0. The maximum atomic E-state index is 13.3. The maximum Gasteiger partial charge on any atom is 0.449 e. The van der Waals surface area contributed by atoms with E-state index in [-0.39, 0.29) is 12.0 Å². The average Bonchev–Trinajstić information content (AvgIpc) is 2.97. The molecule has 0 fully saturated rings. The first-order valence-electron chi connectivity index (χ1n) is 8.92. The van der Waals surface area contributed by atoms with E-state index in [4.69, 9.17) is 4.74 Å². The minimum Gasteiger partial charge on any atom is -0.494 e. The second-order valence-corrected chi connectivity index (χ2v) is 7.55. The molecule has 2 aromatic carbocycles. The predicted molar refractivity (Wildman–Crippen MR) is 100.0 cm³/mol. The van der Waals surface area contributed by atoms with E-state index in [0.717, 1.165) is 5.75 Å². The Morgan fingerprint density at radius 1 is 0.963 bits per heavy atom. The summed E-state index contributed by atoms with van der Waals surface area (Å²) in [6, 6.07) is 14.5. The number of aromatic nitrogens is 2. The number of benzene rings is 2. The van der Waals surface area contributed by atoms with Gasteiger partial charge in [0.05, 0.1) is 17.6 Å². The van der Waals surface area contributed by atoms with E-state index in [1.54, 1.807) is 24.3 Å². The van der Waals surface area contributed by atoms with E-state index < -0.39 is 12.0 Å². The number of hydrogen-bond acceptors (Lipinski definition) is 2. The van der Waals surface area contributed by atoms with Crippen LogP contribution in [0.3, 0.4) is 0 Å². The van der Waals surface area contributed by atoms with E-state index in [1.807, 2.05) is 24.3 Å². The molecular formula is C21H23F3N2O. The van der Waals surface area contributed by atoms with Crippen LogP contribution in [0.1, 0.15) is 38.6 Å². The number of hydrogen-bond donors (Lipinski definition) is 0. The molecule has 0 aliphatic heterocycles. The lowest BCUT2D eigenvalue weighted by atomic mass is 9.87. The second kappa shape index (κ2) is 7.25. The summed E-state index contributed by atoms with van der Waals surface area (Å²) in [6.07, 6.45) is -4.03. The Morgan fingerprint density at radius 2 is 1.63 bits per heavy atom. The Hall–Kier alpha value is -2.50. The molecular weight excluding hydrogens is 353 g/mol. The Morgan fingerprint density at radius 3 is 2.26 bits per heavy atom. The number of rotatable bonds is 5. The molecule has 0 radical (unpaired) electrons. The molecule has 3 rings (SSSR count). The summed E-state index contributed by atoms with van der Waals surface area (Å²) < 4.78 is 46.8. The number of aryl methyl sites for hydroxylation is 1. The SMILES string of the molecule is CC(C)(C)c1ccc(OCCCn2c(C(F)(F)F)nc3ccccc32)cc1. The molecule has 1 aromatic heterocycles. The number of fused-ring (bicyclic) bond motifs is 1. The van der Waals surface area contributed by atoms with Crippen LogP contribution in [0, 0.1) is 0 Å². The standard InChI is InChI=1S/C21H23F3N2O/c1-20(2,3)15-9-11-16(12-10-15)27-14-6-13-26-18-8-5-4-7-17(18)25-19(26)21(22,23)24/h4-5,7-12H,6,13-14H2,1-3H3. The molecule has 6 heteroatoms. The lowest BCUT2D eigenvalue weighted by Crippen LogP contribution is -2.16. The largest absolute Gasteiger partial charge is 0.494 e. The molecule has 144 valence electrons. The second-order valence-electron chi connectivity index (χ2n) is 7.55. The molecule has 0 aliphatic rings. The van der Waals surface area contributed by atoms with Crippen molar-refractivity contribution in [2.45, 2.75) is 45.3 Å². The normalized spacial score (nSPS) is 12.5. The van der Waals surface area contributed by atoms with Gasteiger partial charge in [0.15, 0.2) is 0 Å². The third-order valence-electron chi connectivity index (χ3n) is 4.42. The molecule has 0 spiro atoms. The lowest BCUT2D eigenvalue weighted by molar-refractivity contribution is -0.147. The molecule has 0 bridgehead atoms. The number of nitrogens with zero attached hydrogens (tertiary/aromatic N) is 2. The molecule has 0 saturated carbocycles. The molecule has 0 N–H and O–H groups in total. The summed E-state index contributed by atoms with van der Waals surface area (Å²) in [4.78, 5) is 3.75. The van der Waals surface area contributed by atoms with Gasteiger partial charge in [-0.1, -0.05) is 45.0 Å². The van der Waals surface area contributed by atoms with Crippen molar-refractivity contribution in [1.29, 1.82) is 0 Å². The van der Waals surface area contributed by atoms with Crippen LogP contribution in [0.15, 0.2) is 48.5 Å². The first kappa shape index (κ1) is 19.3. The monoisotopic (exact) mass is 376 g/mol. The van der Waals surface area contributed by atoms with Crippen molar-refractivity contribution in [3.05, 3.63) is 59.9 Å². The van der Waals surface area contributed by atoms with Crippen LogP contribution in [0.5, 0.6) is 5.75 Å². The van der Waals surface area contributed by atoms with Crippen LogP contribution >= 0.6 is 0 Å². The summed E-state index contributed by atoms with van der Waals surface area (Å²) in [5.74, 6) is -0.146. The van der Waals surface area contributed by atoms with E-state index in [2.05, 4.69) is 25.8 Å². The molecule has 27 heavy (non-hydrogen) atoms. The Balaban J connectivity index is 1.66. The number of alkyl halides is 3. The zero-order valence-electron chi connectivity index (χ0n) is 15.7. The first-order valence-corrected chi connectivity index (χ1v) is 8.92. The van der Waals surface area contributed by atoms with Gasteiger partial charge in [-0.25, -0.2) is 4.98 Å². The highest BCUT2D eigenvalue weighted by Gasteiger charge is 2.37. The van der Waals surface area contributed by atoms with Gasteiger partial charge in [-0.05, 0) is 41.7 Å². The zero-order valence-corrected chi connectivity index (χ0v) is 15.7. The van der Waals surface area contributed by atoms with Gasteiger partial charge in [-0.15, -0.1) is 0 Å². The Kier molecular flexibility index (Phi) is 5.18. The Labute approximate surface area is 156 Å². The van der Waals surface area contributed by atoms with Crippen molar-refractivity contribution in [2.24, 2.45) is 0 Å². The third kappa shape index (κ3) is 4.43. The number of imidazole rings is 1. The van der Waals surface area contributed by atoms with Gasteiger partial charge in [0.2, 0.25) is 5.82 Å². The van der Waals surface area contributed by atoms with Crippen molar-refractivity contribution in [2.75, 3.05) is 6.61 Å². The third-order valence-corrected chi connectivity index (χ3v) is 4.42. The van der Waals surface area contributed by atoms with Gasteiger partial charge in [0.25, 0.3) is 0 Å². The van der Waals surface area contributed by atoms with Gasteiger partial charge < -0.3 is 9.30 Å². The quantitative estimate of drug-likeness (QED) is 0.525. The number of halogens is 3. The fraction of sp³-hybridized carbons (Fsp3) is 0.381. The highest BCUT2D eigenvalue weighted by Crippen LogP contribution is 2.31. The first-order chi connectivity index (χ1) is 12.7. The minimum absolute atomic E-state index is 0.0645. The van der Waals surface area contributed by atoms with Crippen molar-refractivity contribution in [3.8, 4) is 5.75 Å². The number of para-hydroxylation sites is 2. The molecule has 3 aromatic rings. The van der Waals surface area contributed by atoms with E-state index in [9.17, 15) is 13.2 Å². The van der Waals surface area contributed by atoms with Gasteiger partial charge >= 0.3 is 6.18 Å². The van der Waals surface area contributed by atoms with Gasteiger partial charge in [-0.3, -0.25) is 0 Å². The van der Waals surface area contributed by atoms with Crippen LogP contribution < -0.4 is 4.74 Å². The van der Waals surface area contributed by atoms with Gasteiger partial charge in [0.1, 0.15) is 5.75 Å². The van der Waals surface area contributed by atoms with Crippen LogP contribution in [-0.4, -0.2) is 16.2 Å². The molecule has 0 aliphatic carbocycles. The molecule has 0 saturated heterocycles. The van der Waals surface area contributed by atoms with Gasteiger partial charge in [0, 0.05) is 6.54 Å². The molecule has 3 nitrogen and oxygen atoms in total. The van der Waals surface area contributed by atoms with Crippen molar-refractivity contribution >= 4 is 11.0 Å².